The zero-order chi connectivity index (χ0) is 22.1. The third-order valence-electron chi connectivity index (χ3n) is 5.14. The fourth-order valence-electron chi connectivity index (χ4n) is 3.38. The summed E-state index contributed by atoms with van der Waals surface area (Å²) >= 11 is 7.56. The van der Waals surface area contributed by atoms with Gasteiger partial charge in [-0.15, -0.1) is 0 Å². The molecule has 1 aromatic heterocycles. The summed E-state index contributed by atoms with van der Waals surface area (Å²) in [6.07, 6.45) is 3.27. The minimum absolute atomic E-state index is 0.000616. The van der Waals surface area contributed by atoms with Crippen LogP contribution in [-0.4, -0.2) is 61.5 Å². The maximum atomic E-state index is 12.0. The Morgan fingerprint density at radius 1 is 1.13 bits per heavy atom. The predicted octanol–water partition coefficient (Wildman–Crippen LogP) is 3.86. The summed E-state index contributed by atoms with van der Waals surface area (Å²) in [7, 11) is 1.67. The predicted molar refractivity (Wildman–Crippen MR) is 128 cm³/mol. The van der Waals surface area contributed by atoms with E-state index in [1.165, 1.54) is 17.4 Å². The lowest BCUT2D eigenvalue weighted by Crippen LogP contribution is -2.46. The monoisotopic (exact) mass is 463 g/mol. The molecule has 3 rings (SSSR count). The lowest BCUT2D eigenvalue weighted by molar-refractivity contribution is -0.118. The highest BCUT2D eigenvalue weighted by atomic mass is 35.5. The first-order chi connectivity index (χ1) is 15.1. The summed E-state index contributed by atoms with van der Waals surface area (Å²) in [5.74, 6) is 1.95. The Kier molecular flexibility index (Phi) is 9.09. The Labute approximate surface area is 193 Å². The minimum Gasteiger partial charge on any atom is -0.497 e. The van der Waals surface area contributed by atoms with Crippen LogP contribution in [-0.2, 0) is 4.79 Å². The van der Waals surface area contributed by atoms with E-state index in [2.05, 4.69) is 44.1 Å². The number of ether oxygens (including phenoxy) is 1. The summed E-state index contributed by atoms with van der Waals surface area (Å²) in [5, 5.41) is 3.86. The smallest absolute Gasteiger partial charge is 0.230 e. The van der Waals surface area contributed by atoms with E-state index in [-0.39, 0.29) is 11.7 Å². The summed E-state index contributed by atoms with van der Waals surface area (Å²) in [6, 6.07) is 9.92. The molecule has 168 valence electrons. The zero-order valence-corrected chi connectivity index (χ0v) is 19.7. The van der Waals surface area contributed by atoms with Crippen molar-refractivity contribution in [3.8, 4) is 5.75 Å². The lowest BCUT2D eigenvalue weighted by atomic mass is 10.2. The number of unbranched alkanes of at least 4 members (excludes halogenated alkanes) is 2. The fraction of sp³-hybridized carbons (Fsp3) is 0.500. The minimum atomic E-state index is -0.000616. The van der Waals surface area contributed by atoms with E-state index in [0.29, 0.717) is 16.9 Å². The third-order valence-corrected chi connectivity index (χ3v) is 6.18. The standard InChI is InChI=1S/C22H30ClN5O2S/c1-3-4-5-10-24-21(29)16-31-22-25-19(23)15-20(26-22)28-13-11-27(12-14-28)17-6-8-18(30-2)9-7-17/h6-9,15H,3-5,10-14,16H2,1-2H3,(H,24,29). The molecule has 1 aromatic carbocycles. The number of aromatic nitrogens is 2. The second kappa shape index (κ2) is 12.0. The topological polar surface area (TPSA) is 70.6 Å². The largest absolute Gasteiger partial charge is 0.497 e. The van der Waals surface area contributed by atoms with Crippen molar-refractivity contribution in [2.75, 3.05) is 55.4 Å². The van der Waals surface area contributed by atoms with Crippen molar-refractivity contribution in [1.82, 2.24) is 15.3 Å². The number of piperazine rings is 1. The number of methoxy groups -OCH3 is 1. The van der Waals surface area contributed by atoms with Crippen LogP contribution in [0.15, 0.2) is 35.5 Å². The van der Waals surface area contributed by atoms with Gasteiger partial charge in [0.15, 0.2) is 5.16 Å². The number of nitrogens with one attached hydrogen (secondary N) is 1. The van der Waals surface area contributed by atoms with Crippen LogP contribution in [0.25, 0.3) is 0 Å². The molecule has 0 radical (unpaired) electrons. The molecule has 2 heterocycles. The molecule has 2 aromatic rings. The molecule has 1 saturated heterocycles. The van der Waals surface area contributed by atoms with Gasteiger partial charge in [0.25, 0.3) is 0 Å². The Morgan fingerprint density at radius 3 is 2.52 bits per heavy atom. The van der Waals surface area contributed by atoms with Gasteiger partial charge in [-0.25, -0.2) is 9.97 Å². The molecule has 0 unspecified atom stereocenters. The highest BCUT2D eigenvalue weighted by molar-refractivity contribution is 7.99. The molecule has 0 aliphatic carbocycles. The van der Waals surface area contributed by atoms with Crippen molar-refractivity contribution < 1.29 is 9.53 Å². The van der Waals surface area contributed by atoms with E-state index in [4.69, 9.17) is 16.3 Å². The van der Waals surface area contributed by atoms with Gasteiger partial charge in [-0.1, -0.05) is 43.1 Å². The van der Waals surface area contributed by atoms with Crippen molar-refractivity contribution in [3.05, 3.63) is 35.5 Å². The molecule has 1 aliphatic rings. The average Bonchev–Trinajstić information content (AvgIpc) is 2.80. The maximum Gasteiger partial charge on any atom is 0.230 e. The summed E-state index contributed by atoms with van der Waals surface area (Å²) in [4.78, 5) is 25.5. The number of hydrogen-bond donors (Lipinski definition) is 1. The number of carbonyl (C=O) groups is 1. The number of benzene rings is 1. The second-order valence-corrected chi connectivity index (χ2v) is 8.68. The van der Waals surface area contributed by atoms with Crippen LogP contribution in [0.5, 0.6) is 5.75 Å². The molecule has 1 aliphatic heterocycles. The number of halogens is 1. The van der Waals surface area contributed by atoms with Crippen LogP contribution in [0.1, 0.15) is 26.2 Å². The molecule has 1 fully saturated rings. The van der Waals surface area contributed by atoms with Crippen LogP contribution in [0, 0.1) is 0 Å². The van der Waals surface area contributed by atoms with Crippen LogP contribution in [0.2, 0.25) is 5.15 Å². The summed E-state index contributed by atoms with van der Waals surface area (Å²) < 4.78 is 5.24. The highest BCUT2D eigenvalue weighted by Crippen LogP contribution is 2.25. The van der Waals surface area contributed by atoms with E-state index < -0.39 is 0 Å². The van der Waals surface area contributed by atoms with Crippen LogP contribution >= 0.6 is 23.4 Å². The average molecular weight is 464 g/mol. The van der Waals surface area contributed by atoms with Crippen LogP contribution < -0.4 is 19.9 Å². The van der Waals surface area contributed by atoms with Gasteiger partial charge in [-0.05, 0) is 30.7 Å². The molecule has 0 bridgehead atoms. The van der Waals surface area contributed by atoms with Crippen molar-refractivity contribution in [3.63, 3.8) is 0 Å². The normalized spacial score (nSPS) is 13.9. The van der Waals surface area contributed by atoms with Crippen LogP contribution in [0.3, 0.4) is 0 Å². The van der Waals surface area contributed by atoms with E-state index in [0.717, 1.165) is 57.0 Å². The molecule has 7 nitrogen and oxygen atoms in total. The van der Waals surface area contributed by atoms with E-state index >= 15 is 0 Å². The van der Waals surface area contributed by atoms with Crippen molar-refractivity contribution in [1.29, 1.82) is 0 Å². The Morgan fingerprint density at radius 2 is 1.84 bits per heavy atom. The first-order valence-electron chi connectivity index (χ1n) is 10.7. The fourth-order valence-corrected chi connectivity index (χ4v) is 4.29. The van der Waals surface area contributed by atoms with Gasteiger partial charge in [0.2, 0.25) is 5.91 Å². The lowest BCUT2D eigenvalue weighted by Gasteiger charge is -2.36. The second-order valence-electron chi connectivity index (χ2n) is 7.35. The van der Waals surface area contributed by atoms with Crippen molar-refractivity contribution in [2.45, 2.75) is 31.3 Å². The Hall–Kier alpha value is -2.19. The molecule has 1 N–H and O–H groups in total. The van der Waals surface area contributed by atoms with E-state index in [1.54, 1.807) is 13.2 Å². The number of nitrogens with zero attached hydrogens (tertiary/aromatic N) is 4. The highest BCUT2D eigenvalue weighted by Gasteiger charge is 2.20. The molecule has 31 heavy (non-hydrogen) atoms. The van der Waals surface area contributed by atoms with Crippen molar-refractivity contribution in [2.24, 2.45) is 0 Å². The summed E-state index contributed by atoms with van der Waals surface area (Å²) in [5.41, 5.74) is 1.18. The third kappa shape index (κ3) is 7.18. The van der Waals surface area contributed by atoms with Gasteiger partial charge >= 0.3 is 0 Å². The van der Waals surface area contributed by atoms with E-state index in [9.17, 15) is 4.79 Å². The molecule has 0 saturated carbocycles. The molecule has 1 amide bonds. The molecule has 0 atom stereocenters. The first kappa shape index (κ1) is 23.5. The molecule has 0 spiro atoms. The Balaban J connectivity index is 1.52. The van der Waals surface area contributed by atoms with Gasteiger partial charge in [0.05, 0.1) is 12.9 Å². The molecular weight excluding hydrogens is 434 g/mol. The number of hydrogen-bond acceptors (Lipinski definition) is 7. The summed E-state index contributed by atoms with van der Waals surface area (Å²) in [6.45, 7) is 6.30. The zero-order valence-electron chi connectivity index (χ0n) is 18.1. The van der Waals surface area contributed by atoms with Gasteiger partial charge < -0.3 is 19.9 Å². The van der Waals surface area contributed by atoms with Gasteiger partial charge in [0.1, 0.15) is 16.7 Å². The number of rotatable bonds is 10. The number of thioether (sulfide) groups is 1. The molecular formula is C22H30ClN5O2S. The van der Waals surface area contributed by atoms with Gasteiger partial charge in [-0.2, -0.15) is 0 Å². The SMILES string of the molecule is CCCCCNC(=O)CSc1nc(Cl)cc(N2CCN(c3ccc(OC)cc3)CC2)n1. The van der Waals surface area contributed by atoms with Gasteiger partial charge in [-0.3, -0.25) is 4.79 Å². The Bertz CT molecular complexity index is 844. The van der Waals surface area contributed by atoms with Gasteiger partial charge in [0, 0.05) is 44.5 Å². The van der Waals surface area contributed by atoms with Crippen LogP contribution in [0.4, 0.5) is 11.5 Å². The number of anilines is 2. The quantitative estimate of drug-likeness (QED) is 0.248. The maximum absolute atomic E-state index is 12.0. The molecule has 9 heteroatoms. The number of carbonyl (C=O) groups excluding carboxylic acids is 1. The number of amides is 1. The van der Waals surface area contributed by atoms with Crippen molar-refractivity contribution >= 4 is 40.8 Å². The first-order valence-corrected chi connectivity index (χ1v) is 12.0. The van der Waals surface area contributed by atoms with E-state index in [1.807, 2.05) is 12.1 Å².